The Kier molecular flexibility index (Phi) is 7.90. The Labute approximate surface area is 169 Å². The van der Waals surface area contributed by atoms with Gasteiger partial charge in [0.15, 0.2) is 0 Å². The molecule has 0 aliphatic heterocycles. The van der Waals surface area contributed by atoms with E-state index in [1.54, 1.807) is 30.0 Å². The van der Waals surface area contributed by atoms with Crippen molar-refractivity contribution >= 4 is 29.2 Å². The van der Waals surface area contributed by atoms with E-state index in [2.05, 4.69) is 21.8 Å². The van der Waals surface area contributed by atoms with Crippen LogP contribution in [0.25, 0.3) is 22.2 Å². The molecule has 6 nitrogen and oxygen atoms in total. The van der Waals surface area contributed by atoms with Crippen molar-refractivity contribution in [3.63, 3.8) is 0 Å². The van der Waals surface area contributed by atoms with Gasteiger partial charge >= 0.3 is 0 Å². The summed E-state index contributed by atoms with van der Waals surface area (Å²) in [5, 5.41) is 18.3. The highest BCUT2D eigenvalue weighted by Gasteiger charge is 2.13. The smallest absolute Gasteiger partial charge is 0.275 e. The second-order valence-electron chi connectivity index (χ2n) is 5.95. The van der Waals surface area contributed by atoms with Crippen molar-refractivity contribution in [3.8, 4) is 23.1 Å². The molecule has 0 aliphatic rings. The molecule has 3 aromatic rings. The summed E-state index contributed by atoms with van der Waals surface area (Å²) in [6.45, 7) is 0.196. The number of hydrogen-bond acceptors (Lipinski definition) is 5. The van der Waals surface area contributed by atoms with Gasteiger partial charge in [0.25, 0.3) is 5.91 Å². The highest BCUT2D eigenvalue weighted by molar-refractivity contribution is 6.06. The van der Waals surface area contributed by atoms with E-state index in [4.69, 9.17) is 10.3 Å². The Hall–Kier alpha value is -2.98. The third kappa shape index (κ3) is 5.05. The first kappa shape index (κ1) is 21.3. The van der Waals surface area contributed by atoms with Crippen LogP contribution in [0, 0.1) is 11.8 Å². The van der Waals surface area contributed by atoms with Gasteiger partial charge in [-0.25, -0.2) is 10.5 Å². The number of amides is 1. The topological polar surface area (TPSA) is 95.3 Å². The van der Waals surface area contributed by atoms with Gasteiger partial charge in [0.2, 0.25) is 0 Å². The predicted octanol–water partition coefficient (Wildman–Crippen LogP) is 3.35. The van der Waals surface area contributed by atoms with Crippen LogP contribution >= 0.6 is 12.4 Å². The van der Waals surface area contributed by atoms with E-state index < -0.39 is 5.91 Å². The third-order valence-corrected chi connectivity index (χ3v) is 4.08. The van der Waals surface area contributed by atoms with Crippen molar-refractivity contribution < 1.29 is 15.1 Å². The van der Waals surface area contributed by atoms with Crippen LogP contribution in [0.15, 0.2) is 48.8 Å². The molecule has 0 bridgehead atoms. The maximum atomic E-state index is 12.0. The summed E-state index contributed by atoms with van der Waals surface area (Å²) in [6, 6.07) is 10.9. The van der Waals surface area contributed by atoms with Crippen LogP contribution in [0.1, 0.15) is 35.2 Å². The fourth-order valence-corrected chi connectivity index (χ4v) is 2.68. The van der Waals surface area contributed by atoms with Crippen LogP contribution in [0.5, 0.6) is 0 Å². The molecule has 1 aromatic carbocycles. The standard InChI is InChI=1S/C21H19N3O3.ClH/c25-12-4-2-1-3-5-15-6-8-16(9-7-15)20-13-17(21(26)24-27)18-14-22-11-10-19(18)23-20;/h6-11,13-14,25,27H,1-2,4,12H2,(H,24,26);1H. The van der Waals surface area contributed by atoms with Crippen molar-refractivity contribution in [2.24, 2.45) is 0 Å². The molecule has 0 atom stereocenters. The van der Waals surface area contributed by atoms with E-state index in [9.17, 15) is 4.79 Å². The minimum Gasteiger partial charge on any atom is -0.396 e. The lowest BCUT2D eigenvalue weighted by atomic mass is 10.0. The molecular formula is C21H20ClN3O3. The second kappa shape index (κ2) is 10.4. The van der Waals surface area contributed by atoms with E-state index in [1.807, 2.05) is 24.3 Å². The van der Waals surface area contributed by atoms with Crippen LogP contribution in [0.4, 0.5) is 0 Å². The molecule has 0 saturated heterocycles. The number of nitrogens with one attached hydrogen (secondary N) is 1. The quantitative estimate of drug-likeness (QED) is 0.265. The highest BCUT2D eigenvalue weighted by Crippen LogP contribution is 2.24. The minimum atomic E-state index is -0.609. The van der Waals surface area contributed by atoms with Crippen LogP contribution in [-0.4, -0.2) is 32.8 Å². The molecule has 144 valence electrons. The highest BCUT2D eigenvalue weighted by atomic mass is 35.5. The number of aromatic nitrogens is 2. The number of pyridine rings is 2. The Bertz CT molecular complexity index is 1010. The molecular weight excluding hydrogens is 378 g/mol. The summed E-state index contributed by atoms with van der Waals surface area (Å²) in [6.07, 6.45) is 5.55. The number of carbonyl (C=O) groups is 1. The van der Waals surface area contributed by atoms with Crippen molar-refractivity contribution in [1.29, 1.82) is 0 Å². The zero-order valence-corrected chi connectivity index (χ0v) is 15.9. The van der Waals surface area contributed by atoms with Crippen molar-refractivity contribution in [1.82, 2.24) is 15.4 Å². The molecule has 7 heteroatoms. The maximum Gasteiger partial charge on any atom is 0.275 e. The Morgan fingerprint density at radius 3 is 2.64 bits per heavy atom. The van der Waals surface area contributed by atoms with Crippen molar-refractivity contribution in [3.05, 3.63) is 59.9 Å². The maximum absolute atomic E-state index is 12.0. The first-order valence-electron chi connectivity index (χ1n) is 8.62. The Morgan fingerprint density at radius 2 is 1.93 bits per heavy atom. The van der Waals surface area contributed by atoms with Gasteiger partial charge < -0.3 is 5.11 Å². The number of aliphatic hydroxyl groups excluding tert-OH is 1. The molecule has 0 radical (unpaired) electrons. The lowest BCUT2D eigenvalue weighted by Gasteiger charge is -2.08. The Balaban J connectivity index is 0.00000280. The molecule has 28 heavy (non-hydrogen) atoms. The average Bonchev–Trinajstić information content (AvgIpc) is 2.72. The van der Waals surface area contributed by atoms with Gasteiger partial charge in [-0.2, -0.15) is 0 Å². The van der Waals surface area contributed by atoms with Crippen molar-refractivity contribution in [2.45, 2.75) is 19.3 Å². The summed E-state index contributed by atoms with van der Waals surface area (Å²) in [7, 11) is 0. The van der Waals surface area contributed by atoms with Gasteiger partial charge in [-0.1, -0.05) is 24.0 Å². The summed E-state index contributed by atoms with van der Waals surface area (Å²) < 4.78 is 0. The van der Waals surface area contributed by atoms with E-state index in [1.165, 1.54) is 0 Å². The number of hydrogen-bond donors (Lipinski definition) is 3. The molecule has 3 rings (SSSR count). The monoisotopic (exact) mass is 397 g/mol. The zero-order valence-electron chi connectivity index (χ0n) is 15.1. The number of benzene rings is 1. The molecule has 0 saturated carbocycles. The zero-order chi connectivity index (χ0) is 19.1. The van der Waals surface area contributed by atoms with Crippen LogP contribution in [-0.2, 0) is 0 Å². The third-order valence-electron chi connectivity index (χ3n) is 4.08. The first-order valence-corrected chi connectivity index (χ1v) is 8.62. The SMILES string of the molecule is Cl.O=C(NO)c1cc(-c2ccc(C#CCCCCO)cc2)nc2ccncc12. The molecule has 1 amide bonds. The molecule has 0 spiro atoms. The van der Waals surface area contributed by atoms with E-state index in [-0.39, 0.29) is 19.0 Å². The van der Waals surface area contributed by atoms with E-state index in [0.717, 1.165) is 30.4 Å². The molecule has 2 heterocycles. The summed E-state index contributed by atoms with van der Waals surface area (Å²) >= 11 is 0. The first-order chi connectivity index (χ1) is 13.2. The van der Waals surface area contributed by atoms with Gasteiger partial charge in [0, 0.05) is 41.9 Å². The molecule has 0 aliphatic carbocycles. The van der Waals surface area contributed by atoms with Gasteiger partial charge in [-0.05, 0) is 37.1 Å². The number of carbonyl (C=O) groups excluding carboxylic acids is 1. The number of fused-ring (bicyclic) bond motifs is 1. The molecule has 0 unspecified atom stereocenters. The lowest BCUT2D eigenvalue weighted by molar-refractivity contribution is 0.0708. The summed E-state index contributed by atoms with van der Waals surface area (Å²) in [4.78, 5) is 20.6. The normalized spacial score (nSPS) is 9.93. The van der Waals surface area contributed by atoms with Gasteiger partial charge in [0.1, 0.15) is 0 Å². The van der Waals surface area contributed by atoms with Crippen LogP contribution in [0.3, 0.4) is 0 Å². The van der Waals surface area contributed by atoms with Crippen LogP contribution in [0.2, 0.25) is 0 Å². The summed E-state index contributed by atoms with van der Waals surface area (Å²) in [5.41, 5.74) is 4.94. The number of aliphatic hydroxyl groups is 1. The van der Waals surface area contributed by atoms with Crippen molar-refractivity contribution in [2.75, 3.05) is 6.61 Å². The number of nitrogens with zero attached hydrogens (tertiary/aromatic N) is 2. The number of hydroxylamine groups is 1. The van der Waals surface area contributed by atoms with E-state index >= 15 is 0 Å². The van der Waals surface area contributed by atoms with Gasteiger partial charge in [-0.15, -0.1) is 12.4 Å². The summed E-state index contributed by atoms with van der Waals surface area (Å²) in [5.74, 6) is 5.57. The predicted molar refractivity (Wildman–Crippen MR) is 109 cm³/mol. The number of halogens is 1. The largest absolute Gasteiger partial charge is 0.396 e. The average molecular weight is 398 g/mol. The second-order valence-corrected chi connectivity index (χ2v) is 5.95. The molecule has 3 N–H and O–H groups in total. The van der Waals surface area contributed by atoms with Gasteiger partial charge in [0.05, 0.1) is 16.8 Å². The Morgan fingerprint density at radius 1 is 1.14 bits per heavy atom. The fraction of sp³-hybridized carbons (Fsp3) is 0.190. The minimum absolute atomic E-state index is 0. The van der Waals surface area contributed by atoms with Crippen LogP contribution < -0.4 is 5.48 Å². The van der Waals surface area contributed by atoms with Gasteiger partial charge in [-0.3, -0.25) is 15.0 Å². The van der Waals surface area contributed by atoms with E-state index in [0.29, 0.717) is 22.2 Å². The lowest BCUT2D eigenvalue weighted by Crippen LogP contribution is -2.19. The number of unbranched alkanes of at least 4 members (excludes halogenated alkanes) is 2. The number of rotatable bonds is 5. The molecule has 2 aromatic heterocycles. The molecule has 0 fully saturated rings. The fourth-order valence-electron chi connectivity index (χ4n) is 2.68.